The third-order valence-electron chi connectivity index (χ3n) is 3.07. The van der Waals surface area contributed by atoms with Crippen molar-refractivity contribution in [3.63, 3.8) is 0 Å². The molecular formula is C14H19FN2O2. The quantitative estimate of drug-likeness (QED) is 0.848. The van der Waals surface area contributed by atoms with Crippen LogP contribution in [0.3, 0.4) is 0 Å². The Hall–Kier alpha value is -1.62. The van der Waals surface area contributed by atoms with Crippen LogP contribution < -0.4 is 15.4 Å². The fourth-order valence-corrected chi connectivity index (χ4v) is 2.07. The van der Waals surface area contributed by atoms with Crippen molar-refractivity contribution >= 4 is 5.91 Å². The third-order valence-corrected chi connectivity index (χ3v) is 3.07. The molecule has 0 aliphatic carbocycles. The maximum absolute atomic E-state index is 12.7. The Morgan fingerprint density at radius 3 is 2.89 bits per heavy atom. The maximum atomic E-state index is 12.7. The molecule has 0 radical (unpaired) electrons. The van der Waals surface area contributed by atoms with E-state index in [1.807, 2.05) is 0 Å². The molecule has 1 heterocycles. The minimum atomic E-state index is -0.296. The summed E-state index contributed by atoms with van der Waals surface area (Å²) in [6.45, 7) is 2.17. The van der Waals surface area contributed by atoms with E-state index in [9.17, 15) is 9.18 Å². The monoisotopic (exact) mass is 266 g/mol. The second-order valence-corrected chi connectivity index (χ2v) is 4.66. The molecule has 1 aliphatic heterocycles. The van der Waals surface area contributed by atoms with Gasteiger partial charge in [0.25, 0.3) is 0 Å². The number of halogens is 1. The van der Waals surface area contributed by atoms with Crippen LogP contribution in [-0.4, -0.2) is 31.6 Å². The Balaban J connectivity index is 1.64. The fraction of sp³-hybridized carbons (Fsp3) is 0.500. The predicted molar refractivity (Wildman–Crippen MR) is 70.5 cm³/mol. The van der Waals surface area contributed by atoms with Gasteiger partial charge in [-0.05, 0) is 43.7 Å². The molecular weight excluding hydrogens is 247 g/mol. The van der Waals surface area contributed by atoms with E-state index in [4.69, 9.17) is 4.74 Å². The van der Waals surface area contributed by atoms with Crippen molar-refractivity contribution < 1.29 is 13.9 Å². The Morgan fingerprint density at radius 2 is 2.21 bits per heavy atom. The summed E-state index contributed by atoms with van der Waals surface area (Å²) in [5.41, 5.74) is 0. The molecule has 2 N–H and O–H groups in total. The SMILES string of the molecule is O=C(CCOc1ccc(F)cc1)N[C@H]1CCCNC1. The summed E-state index contributed by atoms with van der Waals surface area (Å²) in [5, 5.41) is 6.22. The van der Waals surface area contributed by atoms with Crippen LogP contribution in [0, 0.1) is 5.82 Å². The Labute approximate surface area is 112 Å². The van der Waals surface area contributed by atoms with Gasteiger partial charge in [0.15, 0.2) is 0 Å². The van der Waals surface area contributed by atoms with Crippen LogP contribution in [0.4, 0.5) is 4.39 Å². The highest BCUT2D eigenvalue weighted by molar-refractivity contribution is 5.76. The zero-order valence-corrected chi connectivity index (χ0v) is 10.8. The van der Waals surface area contributed by atoms with Gasteiger partial charge in [0.2, 0.25) is 5.91 Å². The number of amides is 1. The number of hydrogen-bond acceptors (Lipinski definition) is 3. The lowest BCUT2D eigenvalue weighted by atomic mass is 10.1. The maximum Gasteiger partial charge on any atom is 0.223 e. The molecule has 19 heavy (non-hydrogen) atoms. The molecule has 4 nitrogen and oxygen atoms in total. The van der Waals surface area contributed by atoms with Crippen molar-refractivity contribution in [3.8, 4) is 5.75 Å². The molecule has 1 saturated heterocycles. The average Bonchev–Trinajstić information content (AvgIpc) is 2.42. The first kappa shape index (κ1) is 13.8. The van der Waals surface area contributed by atoms with Gasteiger partial charge in [0, 0.05) is 12.6 Å². The zero-order valence-electron chi connectivity index (χ0n) is 10.8. The molecule has 2 rings (SSSR count). The van der Waals surface area contributed by atoms with E-state index < -0.39 is 0 Å². The molecule has 0 unspecified atom stereocenters. The summed E-state index contributed by atoms with van der Waals surface area (Å²) >= 11 is 0. The number of rotatable bonds is 5. The fourth-order valence-electron chi connectivity index (χ4n) is 2.07. The highest BCUT2D eigenvalue weighted by Crippen LogP contribution is 2.11. The Bertz CT molecular complexity index is 402. The number of benzene rings is 1. The predicted octanol–water partition coefficient (Wildman–Crippen LogP) is 1.46. The first-order chi connectivity index (χ1) is 9.24. The number of piperidine rings is 1. The van der Waals surface area contributed by atoms with Gasteiger partial charge in [-0.3, -0.25) is 4.79 Å². The third kappa shape index (κ3) is 4.87. The summed E-state index contributed by atoms with van der Waals surface area (Å²) in [5.74, 6) is 0.277. The van der Waals surface area contributed by atoms with Gasteiger partial charge >= 0.3 is 0 Å². The van der Waals surface area contributed by atoms with Gasteiger partial charge in [-0.15, -0.1) is 0 Å². The van der Waals surface area contributed by atoms with Gasteiger partial charge in [-0.25, -0.2) is 4.39 Å². The number of ether oxygens (including phenoxy) is 1. The Kier molecular flexibility index (Phi) is 5.15. The molecule has 0 aromatic heterocycles. The lowest BCUT2D eigenvalue weighted by Crippen LogP contribution is -2.45. The molecule has 1 aliphatic rings. The van der Waals surface area contributed by atoms with Crippen molar-refractivity contribution in [1.29, 1.82) is 0 Å². The van der Waals surface area contributed by atoms with Crippen LogP contribution in [0.5, 0.6) is 5.75 Å². The van der Waals surface area contributed by atoms with Gasteiger partial charge in [-0.1, -0.05) is 0 Å². The van der Waals surface area contributed by atoms with Crippen LogP contribution in [0.25, 0.3) is 0 Å². The minimum Gasteiger partial charge on any atom is -0.493 e. The number of carbonyl (C=O) groups is 1. The second-order valence-electron chi connectivity index (χ2n) is 4.66. The standard InChI is InChI=1S/C14H19FN2O2/c15-11-3-5-13(6-4-11)19-9-7-14(18)17-12-2-1-8-16-10-12/h3-6,12,16H,1-2,7-10H2,(H,17,18)/t12-/m0/s1. The lowest BCUT2D eigenvalue weighted by Gasteiger charge is -2.23. The molecule has 1 fully saturated rings. The van der Waals surface area contributed by atoms with Gasteiger partial charge in [0.05, 0.1) is 13.0 Å². The summed E-state index contributed by atoms with van der Waals surface area (Å²) in [7, 11) is 0. The Morgan fingerprint density at radius 1 is 1.42 bits per heavy atom. The van der Waals surface area contributed by atoms with E-state index in [1.165, 1.54) is 12.1 Å². The van der Waals surface area contributed by atoms with Crippen molar-refractivity contribution in [1.82, 2.24) is 10.6 Å². The van der Waals surface area contributed by atoms with Crippen molar-refractivity contribution in [2.45, 2.75) is 25.3 Å². The summed E-state index contributed by atoms with van der Waals surface area (Å²) in [6.07, 6.45) is 2.43. The van der Waals surface area contributed by atoms with Crippen LogP contribution in [0.1, 0.15) is 19.3 Å². The van der Waals surface area contributed by atoms with Gasteiger partial charge in [0.1, 0.15) is 11.6 Å². The smallest absolute Gasteiger partial charge is 0.223 e. The van der Waals surface area contributed by atoms with E-state index in [-0.39, 0.29) is 17.8 Å². The molecule has 1 atom stereocenters. The molecule has 104 valence electrons. The minimum absolute atomic E-state index is 0.00388. The van der Waals surface area contributed by atoms with Gasteiger partial charge < -0.3 is 15.4 Å². The molecule has 0 saturated carbocycles. The van der Waals surface area contributed by atoms with Crippen molar-refractivity contribution in [2.24, 2.45) is 0 Å². The normalized spacial score (nSPS) is 18.9. The molecule has 1 aromatic rings. The summed E-state index contributed by atoms with van der Waals surface area (Å²) < 4.78 is 18.0. The lowest BCUT2D eigenvalue weighted by molar-refractivity contribution is -0.122. The highest BCUT2D eigenvalue weighted by atomic mass is 19.1. The first-order valence-electron chi connectivity index (χ1n) is 6.62. The van der Waals surface area contributed by atoms with Crippen LogP contribution in [0.2, 0.25) is 0 Å². The molecule has 1 aromatic carbocycles. The first-order valence-corrected chi connectivity index (χ1v) is 6.62. The van der Waals surface area contributed by atoms with Crippen LogP contribution in [0.15, 0.2) is 24.3 Å². The van der Waals surface area contributed by atoms with E-state index >= 15 is 0 Å². The molecule has 0 spiro atoms. The zero-order chi connectivity index (χ0) is 13.5. The van der Waals surface area contributed by atoms with Crippen molar-refractivity contribution in [2.75, 3.05) is 19.7 Å². The van der Waals surface area contributed by atoms with Crippen LogP contribution >= 0.6 is 0 Å². The number of carbonyl (C=O) groups excluding carboxylic acids is 1. The van der Waals surface area contributed by atoms with E-state index in [2.05, 4.69) is 10.6 Å². The van der Waals surface area contributed by atoms with Gasteiger partial charge in [-0.2, -0.15) is 0 Å². The second kappa shape index (κ2) is 7.09. The number of nitrogens with one attached hydrogen (secondary N) is 2. The summed E-state index contributed by atoms with van der Waals surface area (Å²) in [4.78, 5) is 11.7. The van der Waals surface area contributed by atoms with E-state index in [0.29, 0.717) is 18.8 Å². The van der Waals surface area contributed by atoms with Crippen LogP contribution in [-0.2, 0) is 4.79 Å². The topological polar surface area (TPSA) is 50.4 Å². The van der Waals surface area contributed by atoms with E-state index in [0.717, 1.165) is 25.9 Å². The van der Waals surface area contributed by atoms with Crippen molar-refractivity contribution in [3.05, 3.63) is 30.1 Å². The largest absolute Gasteiger partial charge is 0.493 e. The average molecular weight is 266 g/mol. The summed E-state index contributed by atoms with van der Waals surface area (Å²) in [6, 6.07) is 6.01. The molecule has 0 bridgehead atoms. The molecule has 5 heteroatoms. The highest BCUT2D eigenvalue weighted by Gasteiger charge is 2.14. The molecule has 1 amide bonds. The van der Waals surface area contributed by atoms with E-state index in [1.54, 1.807) is 12.1 Å². The number of hydrogen-bond donors (Lipinski definition) is 2.